The molecule has 1 aromatic heterocycles. The van der Waals surface area contributed by atoms with Crippen molar-refractivity contribution < 1.29 is 29.3 Å². The van der Waals surface area contributed by atoms with Gasteiger partial charge < -0.3 is 25.9 Å². The Bertz CT molecular complexity index is 1530. The number of nitrogens with zero attached hydrogens (tertiary/aromatic N) is 4. The molecule has 218 valence electrons. The predicted octanol–water partition coefficient (Wildman–Crippen LogP) is 2.71. The van der Waals surface area contributed by atoms with E-state index >= 15 is 0 Å². The van der Waals surface area contributed by atoms with Gasteiger partial charge in [0.2, 0.25) is 5.91 Å². The number of β-lactam (4-membered cyclic amide) rings is 1. The molecular weight excluding hydrogens is 584 g/mol. The second-order valence-electron chi connectivity index (χ2n) is 10.1. The number of thiazole rings is 1. The van der Waals surface area contributed by atoms with Gasteiger partial charge in [-0.15, -0.1) is 23.1 Å². The lowest BCUT2D eigenvalue weighted by molar-refractivity contribution is -0.384. The van der Waals surface area contributed by atoms with Crippen LogP contribution in [0.5, 0.6) is 0 Å². The molecule has 5 atom stereocenters. The Morgan fingerprint density at radius 1 is 1.29 bits per heavy atom. The van der Waals surface area contributed by atoms with Gasteiger partial charge in [-0.3, -0.25) is 19.7 Å². The molecule has 0 radical (unpaired) electrons. The SMILES string of the molecule is C[C@]1(Cc2ccc([N+](=O)[O-])cc2)[C@@H]2[C@H](NC(=O)C=NOCc3csc(N)n3)C(=O)N2[C@@H](C(=O)O)[C@@H]1Sc1ccccc1. The molecule has 2 aliphatic heterocycles. The molecule has 3 heterocycles. The van der Waals surface area contributed by atoms with Gasteiger partial charge in [-0.2, -0.15) is 0 Å². The number of benzene rings is 2. The molecule has 4 N–H and O–H groups in total. The minimum Gasteiger partial charge on any atom is -0.480 e. The summed E-state index contributed by atoms with van der Waals surface area (Å²) in [4.78, 5) is 60.6. The molecule has 0 unspecified atom stereocenters. The van der Waals surface area contributed by atoms with Crippen LogP contribution in [-0.4, -0.2) is 67.3 Å². The number of aromatic nitrogens is 1. The molecule has 0 bridgehead atoms. The lowest BCUT2D eigenvalue weighted by Gasteiger charge is -2.49. The van der Waals surface area contributed by atoms with E-state index in [1.807, 2.05) is 37.3 Å². The van der Waals surface area contributed by atoms with E-state index in [2.05, 4.69) is 15.5 Å². The lowest BCUT2D eigenvalue weighted by atomic mass is 9.71. The number of hydrogen-bond donors (Lipinski definition) is 3. The van der Waals surface area contributed by atoms with Gasteiger partial charge in [-0.05, 0) is 24.1 Å². The summed E-state index contributed by atoms with van der Waals surface area (Å²) in [7, 11) is 0. The topological polar surface area (TPSA) is 190 Å². The normalized spacial score (nSPS) is 24.7. The lowest BCUT2D eigenvalue weighted by Crippen LogP contribution is -2.73. The highest BCUT2D eigenvalue weighted by Crippen LogP contribution is 2.55. The van der Waals surface area contributed by atoms with Crippen LogP contribution >= 0.6 is 23.1 Å². The maximum absolute atomic E-state index is 13.3. The van der Waals surface area contributed by atoms with Gasteiger partial charge in [0.15, 0.2) is 11.7 Å². The number of amides is 2. The molecular formula is C27H26N6O7S2. The summed E-state index contributed by atoms with van der Waals surface area (Å²) in [5, 5.41) is 29.2. The Morgan fingerprint density at radius 3 is 2.62 bits per heavy atom. The van der Waals surface area contributed by atoms with Crippen molar-refractivity contribution in [2.75, 3.05) is 5.73 Å². The van der Waals surface area contributed by atoms with Crippen molar-refractivity contribution in [2.45, 2.75) is 48.2 Å². The number of carboxylic acids is 1. The van der Waals surface area contributed by atoms with E-state index in [1.54, 1.807) is 17.5 Å². The number of nitrogens with one attached hydrogen (secondary N) is 1. The number of nitro benzene ring substituents is 1. The molecule has 0 saturated carbocycles. The fourth-order valence-corrected chi connectivity index (χ4v) is 7.60. The summed E-state index contributed by atoms with van der Waals surface area (Å²) >= 11 is 2.59. The Labute approximate surface area is 247 Å². The van der Waals surface area contributed by atoms with Crippen molar-refractivity contribution in [2.24, 2.45) is 10.6 Å². The van der Waals surface area contributed by atoms with Gasteiger partial charge in [0.1, 0.15) is 18.3 Å². The van der Waals surface area contributed by atoms with Crippen molar-refractivity contribution in [1.82, 2.24) is 15.2 Å². The summed E-state index contributed by atoms with van der Waals surface area (Å²) in [5.41, 5.74) is 5.94. The van der Waals surface area contributed by atoms with Crippen molar-refractivity contribution in [3.8, 4) is 0 Å². The quantitative estimate of drug-likeness (QED) is 0.126. The van der Waals surface area contributed by atoms with E-state index < -0.39 is 51.5 Å². The van der Waals surface area contributed by atoms with Crippen LogP contribution in [0.4, 0.5) is 10.8 Å². The number of fused-ring (bicyclic) bond motifs is 1. The van der Waals surface area contributed by atoms with E-state index in [-0.39, 0.29) is 12.3 Å². The molecule has 0 aliphatic carbocycles. The first-order valence-corrected chi connectivity index (χ1v) is 14.5. The maximum Gasteiger partial charge on any atom is 0.327 e. The third kappa shape index (κ3) is 5.65. The van der Waals surface area contributed by atoms with Crippen LogP contribution in [0, 0.1) is 15.5 Å². The number of nitrogen functional groups attached to an aromatic ring is 1. The highest BCUT2D eigenvalue weighted by atomic mass is 32.2. The molecule has 15 heteroatoms. The number of anilines is 1. The Kier molecular flexibility index (Phi) is 8.13. The monoisotopic (exact) mass is 610 g/mol. The Hall–Kier alpha value is -4.50. The number of oxime groups is 1. The van der Waals surface area contributed by atoms with Gasteiger partial charge in [0, 0.05) is 33.1 Å². The smallest absolute Gasteiger partial charge is 0.327 e. The first-order chi connectivity index (χ1) is 20.1. The molecule has 13 nitrogen and oxygen atoms in total. The largest absolute Gasteiger partial charge is 0.480 e. The molecule has 2 amide bonds. The molecule has 0 spiro atoms. The summed E-state index contributed by atoms with van der Waals surface area (Å²) in [6.07, 6.45) is 1.20. The predicted molar refractivity (Wildman–Crippen MR) is 155 cm³/mol. The number of aliphatic carboxylic acids is 1. The molecule has 42 heavy (non-hydrogen) atoms. The Morgan fingerprint density at radius 2 is 2.00 bits per heavy atom. The van der Waals surface area contributed by atoms with E-state index in [1.165, 1.54) is 40.1 Å². The Balaban J connectivity index is 1.40. The maximum atomic E-state index is 13.3. The minimum absolute atomic E-state index is 0.00221. The van der Waals surface area contributed by atoms with E-state index in [4.69, 9.17) is 10.6 Å². The molecule has 2 fully saturated rings. The third-order valence-corrected chi connectivity index (χ3v) is 9.68. The van der Waals surface area contributed by atoms with Gasteiger partial charge >= 0.3 is 5.97 Å². The van der Waals surface area contributed by atoms with Crippen molar-refractivity contribution in [3.05, 3.63) is 81.3 Å². The number of hydrogen-bond acceptors (Lipinski definition) is 11. The van der Waals surface area contributed by atoms with Crippen molar-refractivity contribution in [1.29, 1.82) is 0 Å². The van der Waals surface area contributed by atoms with Crippen LogP contribution in [0.25, 0.3) is 0 Å². The number of thioether (sulfide) groups is 1. The van der Waals surface area contributed by atoms with Crippen molar-refractivity contribution >= 4 is 57.9 Å². The summed E-state index contributed by atoms with van der Waals surface area (Å²) in [6.45, 7) is 1.89. The molecule has 2 aliphatic rings. The zero-order valence-electron chi connectivity index (χ0n) is 22.2. The number of non-ortho nitro benzene ring substituents is 1. The minimum atomic E-state index is -1.16. The van der Waals surface area contributed by atoms with Crippen LogP contribution < -0.4 is 11.1 Å². The standard InChI is InChI=1S/C27H26N6O7S2/c1-27(11-15-7-9-17(10-8-15)33(38)39)22-20(31-19(34)12-29-40-13-16-14-41-26(28)30-16)24(35)32(22)21(25(36)37)23(27)42-18-5-3-2-4-6-18/h2-10,12,14,20-23H,11,13H2,1H3,(H2,28,30)(H,31,34)(H,36,37)/t20-,21+,22-,23-,27-/m0/s1. The number of carbonyl (C=O) groups is 3. The van der Waals surface area contributed by atoms with Gasteiger partial charge in [0.25, 0.3) is 11.6 Å². The van der Waals surface area contributed by atoms with E-state index in [9.17, 15) is 29.6 Å². The molecule has 5 rings (SSSR count). The number of nitro groups is 1. The number of rotatable bonds is 11. The highest BCUT2D eigenvalue weighted by molar-refractivity contribution is 8.00. The number of carbonyl (C=O) groups excluding carboxylic acids is 2. The van der Waals surface area contributed by atoms with Crippen LogP contribution in [0.3, 0.4) is 0 Å². The van der Waals surface area contributed by atoms with Gasteiger partial charge in [-0.25, -0.2) is 9.78 Å². The van der Waals surface area contributed by atoms with Crippen LogP contribution in [0.1, 0.15) is 18.2 Å². The average Bonchev–Trinajstić information content (AvgIpc) is 3.47. The third-order valence-electron chi connectivity index (χ3n) is 7.36. The summed E-state index contributed by atoms with van der Waals surface area (Å²) in [6, 6.07) is 12.5. The summed E-state index contributed by atoms with van der Waals surface area (Å²) in [5.74, 6) is -2.36. The highest BCUT2D eigenvalue weighted by Gasteiger charge is 2.70. The average molecular weight is 611 g/mol. The van der Waals surface area contributed by atoms with Gasteiger partial charge in [-0.1, -0.05) is 42.4 Å². The van der Waals surface area contributed by atoms with Gasteiger partial charge in [0.05, 0.1) is 16.7 Å². The molecule has 2 saturated heterocycles. The number of nitrogens with two attached hydrogens (primary N) is 1. The van der Waals surface area contributed by atoms with E-state index in [0.717, 1.165) is 16.7 Å². The van der Waals surface area contributed by atoms with Crippen LogP contribution in [-0.2, 0) is 32.2 Å². The first-order valence-electron chi connectivity index (χ1n) is 12.7. The second kappa shape index (κ2) is 11.8. The first kappa shape index (κ1) is 29.0. The fraction of sp³-hybridized carbons (Fsp3) is 0.296. The zero-order chi connectivity index (χ0) is 30.0. The second-order valence-corrected chi connectivity index (χ2v) is 12.2. The van der Waals surface area contributed by atoms with Crippen molar-refractivity contribution in [3.63, 3.8) is 0 Å². The number of carboxylic acid groups (broad SMARTS) is 1. The van der Waals surface area contributed by atoms with E-state index in [0.29, 0.717) is 17.2 Å². The fourth-order valence-electron chi connectivity index (χ4n) is 5.58. The summed E-state index contributed by atoms with van der Waals surface area (Å²) < 4.78 is 0. The van der Waals surface area contributed by atoms with Crippen LogP contribution in [0.2, 0.25) is 0 Å². The zero-order valence-corrected chi connectivity index (χ0v) is 23.8. The molecule has 2 aromatic carbocycles. The van der Waals surface area contributed by atoms with Crippen LogP contribution in [0.15, 0.2) is 70.0 Å². The molecule has 3 aromatic rings.